The summed E-state index contributed by atoms with van der Waals surface area (Å²) in [6.07, 6.45) is 0.154. The van der Waals surface area contributed by atoms with Crippen molar-refractivity contribution in [1.29, 1.82) is 5.26 Å². The van der Waals surface area contributed by atoms with Crippen LogP contribution < -0.4 is 10.6 Å². The number of fused-ring (bicyclic) bond motifs is 1. The number of nitriles is 1. The summed E-state index contributed by atoms with van der Waals surface area (Å²) in [7, 11) is 0. The van der Waals surface area contributed by atoms with Crippen molar-refractivity contribution in [2.24, 2.45) is 15.7 Å². The van der Waals surface area contributed by atoms with Gasteiger partial charge in [0.05, 0.1) is 28.2 Å². The molecule has 2 aromatic carbocycles. The summed E-state index contributed by atoms with van der Waals surface area (Å²) in [6.45, 7) is 1.28. The Labute approximate surface area is 209 Å². The number of aliphatic imine (C=N–C) groups is 2. The highest BCUT2D eigenvalue weighted by Crippen LogP contribution is 2.39. The van der Waals surface area contributed by atoms with Crippen LogP contribution in [0.15, 0.2) is 70.4 Å². The minimum atomic E-state index is -4.79. The lowest BCUT2D eigenvalue weighted by Gasteiger charge is -2.36. The van der Waals surface area contributed by atoms with Gasteiger partial charge in [-0.2, -0.15) is 18.4 Å². The zero-order chi connectivity index (χ0) is 26.3. The number of benzene rings is 2. The molecule has 6 nitrogen and oxygen atoms in total. The first-order valence-corrected chi connectivity index (χ1v) is 11.6. The molecule has 1 fully saturated rings. The number of anilines is 1. The van der Waals surface area contributed by atoms with E-state index in [1.54, 1.807) is 6.07 Å². The maximum absolute atomic E-state index is 14.7. The topological polar surface area (TPSA) is 81.0 Å². The zero-order valence-electron chi connectivity index (χ0n) is 19.4. The molecule has 0 bridgehead atoms. The number of hydrogen-bond acceptors (Lipinski definition) is 6. The molecular formula is C26H21F5N6. The maximum Gasteiger partial charge on any atom is 0.418 e. The van der Waals surface area contributed by atoms with Gasteiger partial charge in [0.15, 0.2) is 6.29 Å². The van der Waals surface area contributed by atoms with Gasteiger partial charge in [-0.25, -0.2) is 18.8 Å². The van der Waals surface area contributed by atoms with Crippen LogP contribution in [0.2, 0.25) is 0 Å². The van der Waals surface area contributed by atoms with E-state index in [1.807, 2.05) is 4.90 Å². The number of alkyl halides is 3. The molecule has 0 spiro atoms. The van der Waals surface area contributed by atoms with Crippen LogP contribution in [0.3, 0.4) is 0 Å². The smallest absolute Gasteiger partial charge is 0.328 e. The molecule has 190 valence electrons. The Morgan fingerprint density at radius 2 is 1.78 bits per heavy atom. The summed E-state index contributed by atoms with van der Waals surface area (Å²) in [5, 5.41) is 9.11. The molecule has 2 aromatic rings. The SMILES string of the molecule is N#Cc1ccc(C2=NC(N3CCC(N)CC3)N=C3C=CN(c4c(F)cccc4C(F)(F)F)C=C32)cc1F. The summed E-state index contributed by atoms with van der Waals surface area (Å²) in [5.74, 6) is -1.82. The molecule has 3 heterocycles. The number of para-hydroxylation sites is 1. The minimum Gasteiger partial charge on any atom is -0.328 e. The molecule has 0 radical (unpaired) electrons. The van der Waals surface area contributed by atoms with Gasteiger partial charge in [0.2, 0.25) is 0 Å². The van der Waals surface area contributed by atoms with Gasteiger partial charge in [-0.1, -0.05) is 12.1 Å². The molecule has 2 N–H and O–H groups in total. The molecule has 0 aromatic heterocycles. The second-order valence-corrected chi connectivity index (χ2v) is 8.92. The van der Waals surface area contributed by atoms with Gasteiger partial charge < -0.3 is 10.6 Å². The first-order chi connectivity index (χ1) is 17.7. The van der Waals surface area contributed by atoms with Gasteiger partial charge in [0, 0.05) is 42.7 Å². The zero-order valence-corrected chi connectivity index (χ0v) is 19.4. The largest absolute Gasteiger partial charge is 0.418 e. The molecule has 1 unspecified atom stereocenters. The third kappa shape index (κ3) is 4.77. The quantitative estimate of drug-likeness (QED) is 0.604. The van der Waals surface area contributed by atoms with E-state index in [0.29, 0.717) is 29.9 Å². The number of halogens is 5. The Morgan fingerprint density at radius 3 is 2.46 bits per heavy atom. The van der Waals surface area contributed by atoms with Crippen molar-refractivity contribution in [3.63, 3.8) is 0 Å². The van der Waals surface area contributed by atoms with Gasteiger partial charge in [0.25, 0.3) is 0 Å². The molecule has 0 saturated carbocycles. The van der Waals surface area contributed by atoms with Crippen LogP contribution in [0.25, 0.3) is 0 Å². The third-order valence-corrected chi connectivity index (χ3v) is 6.51. The lowest BCUT2D eigenvalue weighted by Crippen LogP contribution is -2.45. The minimum absolute atomic E-state index is 0.0748. The highest BCUT2D eigenvalue weighted by molar-refractivity contribution is 6.34. The Bertz CT molecular complexity index is 1390. The first-order valence-electron chi connectivity index (χ1n) is 11.6. The molecule has 5 rings (SSSR count). The predicted octanol–water partition coefficient (Wildman–Crippen LogP) is 4.72. The molecule has 0 amide bonds. The number of rotatable bonds is 3. The summed E-state index contributed by atoms with van der Waals surface area (Å²) >= 11 is 0. The number of nitrogens with two attached hydrogens (primary N) is 1. The molecule has 3 aliphatic rings. The van der Waals surface area contributed by atoms with Crippen LogP contribution >= 0.6 is 0 Å². The lowest BCUT2D eigenvalue weighted by atomic mass is 9.94. The van der Waals surface area contributed by atoms with Crippen molar-refractivity contribution in [1.82, 2.24) is 4.90 Å². The van der Waals surface area contributed by atoms with E-state index < -0.39 is 35.4 Å². The summed E-state index contributed by atoms with van der Waals surface area (Å²) < 4.78 is 70.3. The van der Waals surface area contributed by atoms with E-state index in [1.165, 1.54) is 30.6 Å². The van der Waals surface area contributed by atoms with Gasteiger partial charge in [-0.3, -0.25) is 4.90 Å². The number of piperidine rings is 1. The Balaban J connectivity index is 1.61. The standard InChI is InChI=1S/C26H21F5N6/c27-20-3-1-2-19(26(29,30)31)24(20)37-11-8-22-18(14-37)23(15-4-5-16(13-32)21(28)12-15)35-25(34-22)36-9-6-17(33)7-10-36/h1-5,8,11-12,14,17,25H,6-7,9-10,33H2. The molecule has 0 aliphatic carbocycles. The molecule has 11 heteroatoms. The highest BCUT2D eigenvalue weighted by atomic mass is 19.4. The monoisotopic (exact) mass is 512 g/mol. The molecule has 1 atom stereocenters. The van der Waals surface area contributed by atoms with Crippen molar-refractivity contribution in [3.8, 4) is 6.07 Å². The van der Waals surface area contributed by atoms with Crippen molar-refractivity contribution >= 4 is 17.1 Å². The number of allylic oxidation sites excluding steroid dienone is 2. The lowest BCUT2D eigenvalue weighted by molar-refractivity contribution is -0.137. The average molecular weight is 512 g/mol. The van der Waals surface area contributed by atoms with E-state index in [2.05, 4.69) is 4.99 Å². The second-order valence-electron chi connectivity index (χ2n) is 8.92. The molecule has 3 aliphatic heterocycles. The van der Waals surface area contributed by atoms with Crippen molar-refractivity contribution in [3.05, 3.63) is 88.8 Å². The van der Waals surface area contributed by atoms with Crippen molar-refractivity contribution < 1.29 is 22.0 Å². The van der Waals surface area contributed by atoms with E-state index in [9.17, 15) is 22.0 Å². The fourth-order valence-electron chi connectivity index (χ4n) is 4.56. The van der Waals surface area contributed by atoms with Crippen molar-refractivity contribution in [2.45, 2.75) is 31.3 Å². The number of likely N-dealkylation sites (tertiary alicyclic amines) is 1. The van der Waals surface area contributed by atoms with Gasteiger partial charge in [-0.15, -0.1) is 0 Å². The van der Waals surface area contributed by atoms with E-state index in [-0.39, 0.29) is 17.3 Å². The van der Waals surface area contributed by atoms with Crippen LogP contribution in [0.4, 0.5) is 27.6 Å². The molecular weight excluding hydrogens is 491 g/mol. The van der Waals surface area contributed by atoms with E-state index >= 15 is 0 Å². The van der Waals surface area contributed by atoms with Crippen LogP contribution in [0, 0.1) is 23.0 Å². The Morgan fingerprint density at radius 1 is 1.03 bits per heavy atom. The number of nitrogens with zero attached hydrogens (tertiary/aromatic N) is 5. The van der Waals surface area contributed by atoms with Crippen LogP contribution in [-0.4, -0.2) is 41.7 Å². The number of hydrogen-bond donors (Lipinski definition) is 1. The Hall–Kier alpha value is -3.88. The van der Waals surface area contributed by atoms with Crippen LogP contribution in [-0.2, 0) is 6.18 Å². The fraction of sp³-hybridized carbons (Fsp3) is 0.269. The molecule has 1 saturated heterocycles. The normalized spacial score (nSPS) is 20.6. The second kappa shape index (κ2) is 9.53. The highest BCUT2D eigenvalue weighted by Gasteiger charge is 2.37. The van der Waals surface area contributed by atoms with E-state index in [0.717, 1.165) is 42.0 Å². The predicted molar refractivity (Wildman–Crippen MR) is 129 cm³/mol. The molecule has 37 heavy (non-hydrogen) atoms. The van der Waals surface area contributed by atoms with Gasteiger partial charge in [-0.05, 0) is 43.2 Å². The van der Waals surface area contributed by atoms with Crippen LogP contribution in [0.1, 0.15) is 29.5 Å². The summed E-state index contributed by atoms with van der Waals surface area (Å²) in [5.41, 5.74) is 5.34. The Kier molecular flexibility index (Phi) is 6.39. The van der Waals surface area contributed by atoms with E-state index in [4.69, 9.17) is 16.0 Å². The van der Waals surface area contributed by atoms with Gasteiger partial charge >= 0.3 is 6.18 Å². The fourth-order valence-corrected chi connectivity index (χ4v) is 4.56. The average Bonchev–Trinajstić information content (AvgIpc) is 2.87. The first kappa shape index (κ1) is 24.8. The summed E-state index contributed by atoms with van der Waals surface area (Å²) in [6, 6.07) is 8.56. The summed E-state index contributed by atoms with van der Waals surface area (Å²) in [4.78, 5) is 12.4. The maximum atomic E-state index is 14.7. The third-order valence-electron chi connectivity index (χ3n) is 6.51. The van der Waals surface area contributed by atoms with Gasteiger partial charge in [0.1, 0.15) is 17.7 Å². The van der Waals surface area contributed by atoms with Crippen molar-refractivity contribution in [2.75, 3.05) is 18.0 Å². The van der Waals surface area contributed by atoms with Crippen LogP contribution in [0.5, 0.6) is 0 Å².